The van der Waals surface area contributed by atoms with Gasteiger partial charge in [0.05, 0.1) is 10.6 Å². The molecule has 0 radical (unpaired) electrons. The van der Waals surface area contributed by atoms with Crippen LogP contribution in [0.25, 0.3) is 11.0 Å². The molecular weight excluding hydrogens is 272 g/mol. The van der Waals surface area contributed by atoms with Crippen LogP contribution >= 0.6 is 0 Å². The molecule has 0 atom stereocenters. The first-order valence-electron chi connectivity index (χ1n) is 6.90. The lowest BCUT2D eigenvalue weighted by Crippen LogP contribution is -2.08. The Morgan fingerprint density at radius 2 is 1.86 bits per heavy atom. The van der Waals surface area contributed by atoms with Gasteiger partial charge in [0.2, 0.25) is 5.52 Å². The van der Waals surface area contributed by atoms with E-state index in [0.29, 0.717) is 11.4 Å². The Morgan fingerprint density at radius 3 is 2.43 bits per heavy atom. The number of anilines is 1. The molecule has 1 heterocycles. The second-order valence-corrected chi connectivity index (χ2v) is 6.73. The van der Waals surface area contributed by atoms with Crippen molar-refractivity contribution in [3.8, 4) is 0 Å². The van der Waals surface area contributed by atoms with Gasteiger partial charge < -0.3 is 5.32 Å². The summed E-state index contributed by atoms with van der Waals surface area (Å²) in [6.07, 6.45) is 0. The molecule has 7 heteroatoms. The summed E-state index contributed by atoms with van der Waals surface area (Å²) >= 11 is 0. The van der Waals surface area contributed by atoms with Gasteiger partial charge in [-0.3, -0.25) is 10.1 Å². The van der Waals surface area contributed by atoms with Crippen LogP contribution in [0.2, 0.25) is 0 Å². The number of fused-ring (bicyclic) bond motifs is 1. The average Bonchev–Trinajstić information content (AvgIpc) is 2.76. The van der Waals surface area contributed by atoms with Gasteiger partial charge in [0, 0.05) is 12.6 Å². The lowest BCUT2D eigenvalue weighted by atomic mass is 10.0. The Labute approximate surface area is 121 Å². The zero-order valence-electron chi connectivity index (χ0n) is 12.5. The van der Waals surface area contributed by atoms with Crippen LogP contribution in [0.5, 0.6) is 0 Å². The molecule has 112 valence electrons. The fourth-order valence-corrected chi connectivity index (χ4v) is 3.20. The number of benzene rings is 1. The summed E-state index contributed by atoms with van der Waals surface area (Å²) in [6, 6.07) is 3.09. The number of hydrogen-bond donors (Lipinski definition) is 1. The molecule has 1 aromatic carbocycles. The summed E-state index contributed by atoms with van der Waals surface area (Å²) in [5, 5.41) is 21.7. The maximum Gasteiger partial charge on any atom is 0.300 e. The molecule has 0 unspecified atom stereocenters. The lowest BCUT2D eigenvalue weighted by molar-refractivity contribution is -0.383. The molecule has 0 aliphatic heterocycles. The summed E-state index contributed by atoms with van der Waals surface area (Å²) < 4.78 is 4.66. The maximum absolute atomic E-state index is 10.9. The number of rotatable bonds is 4. The van der Waals surface area contributed by atoms with Crippen molar-refractivity contribution in [3.05, 3.63) is 22.2 Å². The SMILES string of the molecule is CC1(C)C(CNc2ccc([N+](=O)[O-])c3nonc23)C1(C)C. The minimum Gasteiger partial charge on any atom is -0.383 e. The van der Waals surface area contributed by atoms with E-state index in [9.17, 15) is 10.1 Å². The third-order valence-corrected chi connectivity index (χ3v) is 5.41. The number of aromatic nitrogens is 2. The Bertz CT molecular complexity index is 706. The van der Waals surface area contributed by atoms with Crippen molar-refractivity contribution in [2.45, 2.75) is 27.7 Å². The molecule has 0 saturated heterocycles. The molecule has 1 saturated carbocycles. The van der Waals surface area contributed by atoms with Crippen LogP contribution in [0.3, 0.4) is 0 Å². The van der Waals surface area contributed by atoms with E-state index in [1.165, 1.54) is 6.07 Å². The summed E-state index contributed by atoms with van der Waals surface area (Å²) in [7, 11) is 0. The van der Waals surface area contributed by atoms with Crippen LogP contribution in [0.4, 0.5) is 11.4 Å². The second kappa shape index (κ2) is 4.16. The zero-order valence-corrected chi connectivity index (χ0v) is 12.5. The minimum atomic E-state index is -0.483. The third kappa shape index (κ3) is 1.87. The van der Waals surface area contributed by atoms with Gasteiger partial charge in [-0.25, -0.2) is 4.63 Å². The molecule has 1 aliphatic rings. The fourth-order valence-electron chi connectivity index (χ4n) is 3.20. The number of nitro benzene ring substituents is 1. The first kappa shape index (κ1) is 13.8. The van der Waals surface area contributed by atoms with Crippen LogP contribution in [-0.4, -0.2) is 21.8 Å². The van der Waals surface area contributed by atoms with Gasteiger partial charge in [-0.2, -0.15) is 0 Å². The highest BCUT2D eigenvalue weighted by Gasteiger charge is 2.64. The molecule has 3 rings (SSSR count). The number of nitrogens with one attached hydrogen (secondary N) is 1. The quantitative estimate of drug-likeness (QED) is 0.686. The molecule has 0 spiro atoms. The van der Waals surface area contributed by atoms with Crippen molar-refractivity contribution in [3.63, 3.8) is 0 Å². The Balaban J connectivity index is 1.85. The van der Waals surface area contributed by atoms with Crippen molar-refractivity contribution >= 4 is 22.4 Å². The first-order chi connectivity index (χ1) is 9.76. The molecule has 1 aromatic heterocycles. The highest BCUT2D eigenvalue weighted by atomic mass is 16.6. The van der Waals surface area contributed by atoms with Crippen molar-refractivity contribution in [2.75, 3.05) is 11.9 Å². The van der Waals surface area contributed by atoms with E-state index in [0.717, 1.165) is 12.2 Å². The number of non-ortho nitro benzene ring substituents is 1. The normalized spacial score (nSPS) is 19.6. The van der Waals surface area contributed by atoms with Crippen LogP contribution in [0.15, 0.2) is 16.8 Å². The monoisotopic (exact) mass is 290 g/mol. The van der Waals surface area contributed by atoms with Gasteiger partial charge in [-0.05, 0) is 33.1 Å². The highest BCUT2D eigenvalue weighted by Crippen LogP contribution is 2.68. The fraction of sp³-hybridized carbons (Fsp3) is 0.571. The summed E-state index contributed by atoms with van der Waals surface area (Å²) in [4.78, 5) is 10.5. The standard InChI is InChI=1S/C14H18N4O3/c1-13(2)10(14(13,3)4)7-15-8-5-6-9(18(19)20)12-11(8)16-21-17-12/h5-6,10,15H,7H2,1-4H3. The zero-order chi connectivity index (χ0) is 15.4. The maximum atomic E-state index is 10.9. The van der Waals surface area contributed by atoms with Crippen molar-refractivity contribution < 1.29 is 9.55 Å². The Morgan fingerprint density at radius 1 is 1.24 bits per heavy atom. The first-order valence-corrected chi connectivity index (χ1v) is 6.90. The van der Waals surface area contributed by atoms with Crippen molar-refractivity contribution in [1.29, 1.82) is 0 Å². The van der Waals surface area contributed by atoms with E-state index in [2.05, 4.69) is 48.0 Å². The Hall–Kier alpha value is -2.18. The van der Waals surface area contributed by atoms with Crippen LogP contribution in [-0.2, 0) is 0 Å². The topological polar surface area (TPSA) is 94.1 Å². The van der Waals surface area contributed by atoms with E-state index in [1.54, 1.807) is 6.07 Å². The largest absolute Gasteiger partial charge is 0.383 e. The summed E-state index contributed by atoms with van der Waals surface area (Å²) in [5.41, 5.74) is 1.77. The van der Waals surface area contributed by atoms with Gasteiger partial charge >= 0.3 is 5.69 Å². The molecule has 1 fully saturated rings. The lowest BCUT2D eigenvalue weighted by Gasteiger charge is -2.07. The van der Waals surface area contributed by atoms with E-state index in [4.69, 9.17) is 0 Å². The number of hydrogen-bond acceptors (Lipinski definition) is 6. The smallest absolute Gasteiger partial charge is 0.300 e. The number of nitro groups is 1. The van der Waals surface area contributed by atoms with Crippen molar-refractivity contribution in [1.82, 2.24) is 10.3 Å². The summed E-state index contributed by atoms with van der Waals surface area (Å²) in [5.74, 6) is 0.537. The predicted molar refractivity (Wildman–Crippen MR) is 78.0 cm³/mol. The van der Waals surface area contributed by atoms with E-state index >= 15 is 0 Å². The summed E-state index contributed by atoms with van der Waals surface area (Å²) in [6.45, 7) is 9.80. The van der Waals surface area contributed by atoms with Gasteiger partial charge in [0.1, 0.15) is 0 Å². The predicted octanol–water partition coefficient (Wildman–Crippen LogP) is 3.23. The van der Waals surface area contributed by atoms with Gasteiger partial charge in [-0.15, -0.1) is 0 Å². The molecule has 21 heavy (non-hydrogen) atoms. The minimum absolute atomic E-state index is 0.0936. The highest BCUT2D eigenvalue weighted by molar-refractivity contribution is 5.93. The van der Waals surface area contributed by atoms with Gasteiger partial charge in [-0.1, -0.05) is 27.7 Å². The van der Waals surface area contributed by atoms with Gasteiger partial charge in [0.25, 0.3) is 0 Å². The Kier molecular flexibility index (Phi) is 2.73. The van der Waals surface area contributed by atoms with Crippen LogP contribution < -0.4 is 5.32 Å². The van der Waals surface area contributed by atoms with E-state index in [-0.39, 0.29) is 22.0 Å². The van der Waals surface area contributed by atoms with Crippen LogP contribution in [0, 0.1) is 26.9 Å². The number of nitrogens with zero attached hydrogens (tertiary/aromatic N) is 3. The molecular formula is C14H18N4O3. The molecule has 1 N–H and O–H groups in total. The molecule has 2 aromatic rings. The van der Waals surface area contributed by atoms with E-state index in [1.807, 2.05) is 0 Å². The second-order valence-electron chi connectivity index (χ2n) is 6.73. The average molecular weight is 290 g/mol. The van der Waals surface area contributed by atoms with Crippen LogP contribution in [0.1, 0.15) is 27.7 Å². The molecule has 0 bridgehead atoms. The van der Waals surface area contributed by atoms with E-state index < -0.39 is 4.92 Å². The molecule has 0 amide bonds. The molecule has 7 nitrogen and oxygen atoms in total. The van der Waals surface area contributed by atoms with Crippen molar-refractivity contribution in [2.24, 2.45) is 16.7 Å². The van der Waals surface area contributed by atoms with Gasteiger partial charge in [0.15, 0.2) is 5.52 Å². The molecule has 1 aliphatic carbocycles. The third-order valence-electron chi connectivity index (χ3n) is 5.41.